The first kappa shape index (κ1) is 16.7. The predicted octanol–water partition coefficient (Wildman–Crippen LogP) is 3.92. The SMILES string of the molecule is CC(C)=C1CC[C@]2(C)CC[C@@]3(O[C@@H](C[C@@H]3C)C[C@@]3(C)O[C@H]3C1=O)O2. The summed E-state index contributed by atoms with van der Waals surface area (Å²) in [4.78, 5) is 13.0. The predicted molar refractivity (Wildman–Crippen MR) is 90.6 cm³/mol. The number of hydrogen-bond acceptors (Lipinski definition) is 4. The zero-order chi connectivity index (χ0) is 17.3. The number of Topliss-reactive ketones (excluding diaryl/α,β-unsaturated/α-hetero) is 1. The van der Waals surface area contributed by atoms with Gasteiger partial charge in [-0.3, -0.25) is 4.79 Å². The van der Waals surface area contributed by atoms with Crippen molar-refractivity contribution in [3.63, 3.8) is 0 Å². The molecule has 4 aliphatic heterocycles. The number of allylic oxidation sites excluding steroid dienone is 1. The topological polar surface area (TPSA) is 48.1 Å². The molecule has 4 fully saturated rings. The lowest BCUT2D eigenvalue weighted by atomic mass is 9.86. The Bertz CT molecular complexity index is 607. The summed E-state index contributed by atoms with van der Waals surface area (Å²) >= 11 is 0. The van der Waals surface area contributed by atoms with Crippen molar-refractivity contribution in [3.05, 3.63) is 11.1 Å². The molecule has 0 radical (unpaired) electrons. The van der Waals surface area contributed by atoms with Crippen molar-refractivity contribution >= 4 is 5.78 Å². The molecule has 1 spiro atoms. The highest BCUT2D eigenvalue weighted by atomic mass is 16.7. The van der Waals surface area contributed by atoms with Crippen LogP contribution in [-0.2, 0) is 19.0 Å². The molecule has 3 bridgehead atoms. The van der Waals surface area contributed by atoms with E-state index >= 15 is 0 Å². The lowest BCUT2D eigenvalue weighted by Gasteiger charge is -2.33. The van der Waals surface area contributed by atoms with E-state index < -0.39 is 5.79 Å². The first-order chi connectivity index (χ1) is 11.2. The molecule has 0 aliphatic carbocycles. The Hall–Kier alpha value is -0.710. The van der Waals surface area contributed by atoms with Crippen molar-refractivity contribution in [1.82, 2.24) is 0 Å². The number of carbonyl (C=O) groups excluding carboxylic acids is 1. The van der Waals surface area contributed by atoms with Gasteiger partial charge in [-0.25, -0.2) is 0 Å². The van der Waals surface area contributed by atoms with Gasteiger partial charge in [0, 0.05) is 18.8 Å². The maximum Gasteiger partial charge on any atom is 0.190 e. The Kier molecular flexibility index (Phi) is 3.59. The largest absolute Gasteiger partial charge is 0.358 e. The summed E-state index contributed by atoms with van der Waals surface area (Å²) in [5.41, 5.74) is 1.49. The number of carbonyl (C=O) groups is 1. The molecule has 4 heterocycles. The van der Waals surface area contributed by atoms with Gasteiger partial charge in [0.1, 0.15) is 11.7 Å². The fraction of sp³-hybridized carbons (Fsp3) is 0.850. The summed E-state index contributed by atoms with van der Waals surface area (Å²) in [7, 11) is 0. The summed E-state index contributed by atoms with van der Waals surface area (Å²) in [6.07, 6.45) is 5.21. The number of rotatable bonds is 0. The fourth-order valence-corrected chi connectivity index (χ4v) is 5.05. The van der Waals surface area contributed by atoms with Gasteiger partial charge in [-0.2, -0.15) is 0 Å². The second-order valence-electron chi connectivity index (χ2n) is 9.10. The maximum absolute atomic E-state index is 13.0. The second-order valence-corrected chi connectivity index (χ2v) is 9.10. The van der Waals surface area contributed by atoms with Crippen molar-refractivity contribution in [1.29, 1.82) is 0 Å². The van der Waals surface area contributed by atoms with Crippen LogP contribution in [0.2, 0.25) is 0 Å². The molecular weight excluding hydrogens is 304 g/mol. The number of fused-ring (bicyclic) bond motifs is 3. The average Bonchev–Trinajstić information content (AvgIpc) is 2.87. The Balaban J connectivity index is 1.68. The standard InChI is InChI=1S/C20H30O4/c1-12(2)15-6-7-18(4)8-9-20(24-18)13(3)10-14(22-20)11-19(5)17(23-19)16(15)21/h13-14,17H,6-11H2,1-5H3/t13-,14-,17-,18+,19+,20+/m0/s1. The van der Waals surface area contributed by atoms with E-state index in [2.05, 4.69) is 20.8 Å². The third kappa shape index (κ3) is 2.49. The van der Waals surface area contributed by atoms with Crippen molar-refractivity contribution in [3.8, 4) is 0 Å². The molecule has 24 heavy (non-hydrogen) atoms. The molecular formula is C20H30O4. The molecule has 0 aromatic heterocycles. The molecule has 4 rings (SSSR count). The lowest BCUT2D eigenvalue weighted by Crippen LogP contribution is -2.39. The van der Waals surface area contributed by atoms with E-state index in [-0.39, 0.29) is 29.2 Å². The van der Waals surface area contributed by atoms with E-state index in [9.17, 15) is 4.79 Å². The average molecular weight is 334 g/mol. The van der Waals surface area contributed by atoms with Crippen molar-refractivity contribution in [2.45, 2.75) is 102 Å². The minimum absolute atomic E-state index is 0.125. The first-order valence-corrected chi connectivity index (χ1v) is 9.43. The van der Waals surface area contributed by atoms with Crippen molar-refractivity contribution in [2.24, 2.45) is 5.92 Å². The maximum atomic E-state index is 13.0. The van der Waals surface area contributed by atoms with E-state index in [1.165, 1.54) is 0 Å². The van der Waals surface area contributed by atoms with E-state index in [1.807, 2.05) is 13.8 Å². The van der Waals surface area contributed by atoms with Crippen molar-refractivity contribution in [2.75, 3.05) is 0 Å². The number of hydrogen-bond donors (Lipinski definition) is 0. The van der Waals surface area contributed by atoms with E-state index in [0.29, 0.717) is 5.92 Å². The van der Waals surface area contributed by atoms with E-state index in [4.69, 9.17) is 14.2 Å². The van der Waals surface area contributed by atoms with Gasteiger partial charge < -0.3 is 14.2 Å². The lowest BCUT2D eigenvalue weighted by molar-refractivity contribution is -0.255. The van der Waals surface area contributed by atoms with E-state index in [0.717, 1.165) is 49.7 Å². The van der Waals surface area contributed by atoms with Crippen LogP contribution in [0, 0.1) is 5.92 Å². The highest BCUT2D eigenvalue weighted by Gasteiger charge is 2.62. The zero-order valence-electron chi connectivity index (χ0n) is 15.6. The van der Waals surface area contributed by atoms with Crippen LogP contribution in [0.5, 0.6) is 0 Å². The quantitative estimate of drug-likeness (QED) is 0.497. The van der Waals surface area contributed by atoms with Gasteiger partial charge in [-0.15, -0.1) is 0 Å². The van der Waals surface area contributed by atoms with Crippen LogP contribution in [0.1, 0.15) is 73.1 Å². The van der Waals surface area contributed by atoms with Crippen LogP contribution in [0.4, 0.5) is 0 Å². The van der Waals surface area contributed by atoms with Gasteiger partial charge in [-0.1, -0.05) is 12.5 Å². The molecule has 4 saturated heterocycles. The van der Waals surface area contributed by atoms with Gasteiger partial charge >= 0.3 is 0 Å². The molecule has 4 aliphatic rings. The van der Waals surface area contributed by atoms with Crippen LogP contribution in [-0.4, -0.2) is 35.0 Å². The number of ether oxygens (including phenoxy) is 3. The van der Waals surface area contributed by atoms with Crippen molar-refractivity contribution < 1.29 is 19.0 Å². The summed E-state index contributed by atoms with van der Waals surface area (Å²) in [6.45, 7) is 10.6. The zero-order valence-corrected chi connectivity index (χ0v) is 15.6. The number of ketones is 1. The Morgan fingerprint density at radius 1 is 1.12 bits per heavy atom. The minimum Gasteiger partial charge on any atom is -0.358 e. The molecule has 0 unspecified atom stereocenters. The molecule has 0 aromatic carbocycles. The second kappa shape index (κ2) is 5.15. The Morgan fingerprint density at radius 2 is 1.88 bits per heavy atom. The van der Waals surface area contributed by atoms with Gasteiger partial charge in [0.05, 0.1) is 11.7 Å². The summed E-state index contributed by atoms with van der Waals surface area (Å²) in [6, 6.07) is 0. The molecule has 4 nitrogen and oxygen atoms in total. The molecule has 0 N–H and O–H groups in total. The molecule has 0 saturated carbocycles. The highest BCUT2D eigenvalue weighted by Crippen LogP contribution is 2.54. The molecule has 134 valence electrons. The molecule has 0 amide bonds. The Morgan fingerprint density at radius 3 is 2.58 bits per heavy atom. The van der Waals surface area contributed by atoms with Gasteiger partial charge in [0.2, 0.25) is 0 Å². The van der Waals surface area contributed by atoms with Crippen LogP contribution >= 0.6 is 0 Å². The van der Waals surface area contributed by atoms with Gasteiger partial charge in [-0.05, 0) is 59.0 Å². The highest BCUT2D eigenvalue weighted by molar-refractivity contribution is 6.01. The number of epoxide rings is 1. The van der Waals surface area contributed by atoms with Crippen LogP contribution in [0.25, 0.3) is 0 Å². The van der Waals surface area contributed by atoms with Crippen LogP contribution < -0.4 is 0 Å². The monoisotopic (exact) mass is 334 g/mol. The van der Waals surface area contributed by atoms with Gasteiger partial charge in [0.25, 0.3) is 0 Å². The normalized spacial score (nSPS) is 51.0. The van der Waals surface area contributed by atoms with Gasteiger partial charge in [0.15, 0.2) is 11.6 Å². The fourth-order valence-electron chi connectivity index (χ4n) is 5.05. The first-order valence-electron chi connectivity index (χ1n) is 9.43. The minimum atomic E-state index is -0.422. The molecule has 4 heteroatoms. The third-order valence-corrected chi connectivity index (χ3v) is 6.72. The summed E-state index contributed by atoms with van der Waals surface area (Å²) in [5, 5.41) is 0. The molecule has 6 atom stereocenters. The summed E-state index contributed by atoms with van der Waals surface area (Å²) in [5.74, 6) is 0.149. The smallest absolute Gasteiger partial charge is 0.190 e. The summed E-state index contributed by atoms with van der Waals surface area (Å²) < 4.78 is 18.9. The van der Waals surface area contributed by atoms with E-state index in [1.54, 1.807) is 0 Å². The third-order valence-electron chi connectivity index (χ3n) is 6.72. The van der Waals surface area contributed by atoms with Crippen LogP contribution in [0.3, 0.4) is 0 Å². The van der Waals surface area contributed by atoms with Crippen LogP contribution in [0.15, 0.2) is 11.1 Å². The Labute approximate surface area is 144 Å². The molecule has 0 aromatic rings.